The van der Waals surface area contributed by atoms with E-state index < -0.39 is 0 Å². The van der Waals surface area contributed by atoms with E-state index in [1.54, 1.807) is 0 Å². The molecule has 0 amide bonds. The maximum atomic E-state index is 5.75. The highest BCUT2D eigenvalue weighted by molar-refractivity contribution is 4.85. The molecule has 0 aliphatic carbocycles. The molecule has 0 unspecified atom stereocenters. The van der Waals surface area contributed by atoms with E-state index in [0.717, 1.165) is 39.6 Å². The molecule has 0 spiro atoms. The van der Waals surface area contributed by atoms with Gasteiger partial charge in [-0.1, -0.05) is 26.7 Å². The monoisotopic (exact) mass is 330 g/mol. The first-order chi connectivity index (χ1) is 11.2. The molecular formula is C18H34O5. The molecule has 5 heteroatoms. The molecule has 0 atom stereocenters. The fourth-order valence-electron chi connectivity index (χ4n) is 3.36. The third-order valence-corrected chi connectivity index (χ3v) is 4.75. The highest BCUT2D eigenvalue weighted by Crippen LogP contribution is 2.33. The molecule has 0 bridgehead atoms. The Hall–Kier alpha value is -0.200. The van der Waals surface area contributed by atoms with E-state index in [4.69, 9.17) is 23.7 Å². The Labute approximate surface area is 140 Å². The van der Waals surface area contributed by atoms with E-state index in [0.29, 0.717) is 26.4 Å². The second kappa shape index (κ2) is 9.94. The summed E-state index contributed by atoms with van der Waals surface area (Å²) in [5.41, 5.74) is 0.548. The average molecular weight is 330 g/mol. The lowest BCUT2D eigenvalue weighted by molar-refractivity contribution is -0.159. The van der Waals surface area contributed by atoms with Gasteiger partial charge in [-0.2, -0.15) is 0 Å². The van der Waals surface area contributed by atoms with Crippen molar-refractivity contribution in [2.24, 2.45) is 10.8 Å². The summed E-state index contributed by atoms with van der Waals surface area (Å²) in [7, 11) is 0. The van der Waals surface area contributed by atoms with Gasteiger partial charge in [0.15, 0.2) is 0 Å². The van der Waals surface area contributed by atoms with Crippen LogP contribution in [0.5, 0.6) is 0 Å². The Morgan fingerprint density at radius 2 is 1.04 bits per heavy atom. The largest absolute Gasteiger partial charge is 0.380 e. The van der Waals surface area contributed by atoms with Crippen LogP contribution in [0.4, 0.5) is 0 Å². The normalized spacial score (nSPS) is 21.7. The summed E-state index contributed by atoms with van der Waals surface area (Å²) in [6, 6.07) is 0. The van der Waals surface area contributed by atoms with Crippen molar-refractivity contribution < 1.29 is 23.7 Å². The van der Waals surface area contributed by atoms with Crippen LogP contribution in [-0.2, 0) is 23.7 Å². The Bertz CT molecular complexity index is 283. The highest BCUT2D eigenvalue weighted by atomic mass is 16.6. The first-order valence-electron chi connectivity index (χ1n) is 9.13. The second-order valence-electron chi connectivity index (χ2n) is 7.20. The average Bonchev–Trinajstić information content (AvgIpc) is 2.47. The molecule has 0 aromatic rings. The van der Waals surface area contributed by atoms with Gasteiger partial charge in [0.2, 0.25) is 0 Å². The summed E-state index contributed by atoms with van der Waals surface area (Å²) in [4.78, 5) is 0. The highest BCUT2D eigenvalue weighted by Gasteiger charge is 2.38. The zero-order chi connectivity index (χ0) is 16.4. The van der Waals surface area contributed by atoms with Crippen LogP contribution in [0.25, 0.3) is 0 Å². The van der Waals surface area contributed by atoms with Crippen LogP contribution in [0.1, 0.15) is 39.5 Å². The lowest BCUT2D eigenvalue weighted by Gasteiger charge is -2.41. The summed E-state index contributed by atoms with van der Waals surface area (Å²) in [5.74, 6) is 0. The first kappa shape index (κ1) is 19.1. The maximum absolute atomic E-state index is 5.75. The van der Waals surface area contributed by atoms with Gasteiger partial charge in [-0.05, 0) is 12.8 Å². The zero-order valence-electron chi connectivity index (χ0n) is 14.9. The summed E-state index contributed by atoms with van der Waals surface area (Å²) in [6.07, 6.45) is 4.74. The summed E-state index contributed by atoms with van der Waals surface area (Å²) < 4.78 is 27.7. The lowest BCUT2D eigenvalue weighted by Crippen LogP contribution is -2.46. The maximum Gasteiger partial charge on any atom is 0.0701 e. The lowest BCUT2D eigenvalue weighted by atomic mass is 9.82. The molecule has 0 saturated carbocycles. The van der Waals surface area contributed by atoms with E-state index in [2.05, 4.69) is 13.8 Å². The SMILES string of the molecule is CCCC1(COCCOCCOCC2(CCC)COC2)COC1. The van der Waals surface area contributed by atoms with Crippen molar-refractivity contribution in [3.63, 3.8) is 0 Å². The molecular weight excluding hydrogens is 296 g/mol. The fraction of sp³-hybridized carbons (Fsp3) is 1.00. The van der Waals surface area contributed by atoms with Gasteiger partial charge in [0.1, 0.15) is 0 Å². The Morgan fingerprint density at radius 3 is 1.35 bits per heavy atom. The third-order valence-electron chi connectivity index (χ3n) is 4.75. The van der Waals surface area contributed by atoms with Gasteiger partial charge in [-0.15, -0.1) is 0 Å². The third kappa shape index (κ3) is 5.98. The van der Waals surface area contributed by atoms with Gasteiger partial charge in [-0.3, -0.25) is 0 Å². The molecule has 0 N–H and O–H groups in total. The molecule has 2 aliphatic heterocycles. The van der Waals surface area contributed by atoms with Crippen LogP contribution in [-0.4, -0.2) is 66.1 Å². The van der Waals surface area contributed by atoms with Crippen molar-refractivity contribution in [3.8, 4) is 0 Å². The number of hydrogen-bond acceptors (Lipinski definition) is 5. The number of ether oxygens (including phenoxy) is 5. The smallest absolute Gasteiger partial charge is 0.0701 e. The van der Waals surface area contributed by atoms with Gasteiger partial charge in [-0.25, -0.2) is 0 Å². The van der Waals surface area contributed by atoms with Crippen LogP contribution >= 0.6 is 0 Å². The minimum absolute atomic E-state index is 0.274. The van der Waals surface area contributed by atoms with Crippen LogP contribution in [0.2, 0.25) is 0 Å². The Balaban J connectivity index is 1.39. The van der Waals surface area contributed by atoms with Crippen molar-refractivity contribution >= 4 is 0 Å². The summed E-state index contributed by atoms with van der Waals surface area (Å²) in [5, 5.41) is 0. The minimum atomic E-state index is 0.274. The van der Waals surface area contributed by atoms with E-state index >= 15 is 0 Å². The molecule has 0 aromatic carbocycles. The zero-order valence-corrected chi connectivity index (χ0v) is 14.9. The van der Waals surface area contributed by atoms with Crippen molar-refractivity contribution in [1.82, 2.24) is 0 Å². The number of rotatable bonds is 14. The molecule has 23 heavy (non-hydrogen) atoms. The van der Waals surface area contributed by atoms with Crippen molar-refractivity contribution in [2.45, 2.75) is 39.5 Å². The van der Waals surface area contributed by atoms with Crippen LogP contribution < -0.4 is 0 Å². The van der Waals surface area contributed by atoms with Gasteiger partial charge in [0, 0.05) is 10.8 Å². The van der Waals surface area contributed by atoms with E-state index in [9.17, 15) is 0 Å². The minimum Gasteiger partial charge on any atom is -0.380 e. The first-order valence-corrected chi connectivity index (χ1v) is 9.13. The van der Waals surface area contributed by atoms with Gasteiger partial charge < -0.3 is 23.7 Å². The Morgan fingerprint density at radius 1 is 0.652 bits per heavy atom. The van der Waals surface area contributed by atoms with Gasteiger partial charge in [0.05, 0.1) is 66.1 Å². The van der Waals surface area contributed by atoms with E-state index in [1.807, 2.05) is 0 Å². The van der Waals surface area contributed by atoms with E-state index in [1.165, 1.54) is 25.7 Å². The predicted molar refractivity (Wildman–Crippen MR) is 88.8 cm³/mol. The molecule has 2 fully saturated rings. The number of hydrogen-bond donors (Lipinski definition) is 0. The molecule has 0 aromatic heterocycles. The molecule has 136 valence electrons. The van der Waals surface area contributed by atoms with Gasteiger partial charge >= 0.3 is 0 Å². The van der Waals surface area contributed by atoms with Crippen LogP contribution in [0.15, 0.2) is 0 Å². The Kier molecular flexibility index (Phi) is 8.27. The van der Waals surface area contributed by atoms with Crippen molar-refractivity contribution in [1.29, 1.82) is 0 Å². The predicted octanol–water partition coefficient (Wildman–Crippen LogP) is 2.67. The fourth-order valence-corrected chi connectivity index (χ4v) is 3.36. The molecule has 0 radical (unpaired) electrons. The van der Waals surface area contributed by atoms with Crippen LogP contribution in [0.3, 0.4) is 0 Å². The van der Waals surface area contributed by atoms with E-state index in [-0.39, 0.29) is 10.8 Å². The second-order valence-corrected chi connectivity index (χ2v) is 7.20. The van der Waals surface area contributed by atoms with Gasteiger partial charge in [0.25, 0.3) is 0 Å². The quantitative estimate of drug-likeness (QED) is 0.458. The van der Waals surface area contributed by atoms with Crippen LogP contribution in [0, 0.1) is 10.8 Å². The molecule has 2 heterocycles. The molecule has 2 aliphatic rings. The topological polar surface area (TPSA) is 46.2 Å². The van der Waals surface area contributed by atoms with Crippen molar-refractivity contribution in [3.05, 3.63) is 0 Å². The standard InChI is InChI=1S/C18H34O5/c1-3-5-17(13-22-14-17)11-20-9-7-19-8-10-21-12-18(6-4-2)15-23-16-18/h3-16H2,1-2H3. The molecule has 2 saturated heterocycles. The molecule has 2 rings (SSSR count). The molecule has 5 nitrogen and oxygen atoms in total. The van der Waals surface area contributed by atoms with Crippen molar-refractivity contribution in [2.75, 3.05) is 66.1 Å². The summed E-state index contributed by atoms with van der Waals surface area (Å²) in [6.45, 7) is 12.0. The summed E-state index contributed by atoms with van der Waals surface area (Å²) >= 11 is 0.